The van der Waals surface area contributed by atoms with E-state index in [0.29, 0.717) is 19.5 Å². The van der Waals surface area contributed by atoms with E-state index in [1.54, 1.807) is 6.07 Å². The van der Waals surface area contributed by atoms with Crippen LogP contribution in [0.1, 0.15) is 6.42 Å². The van der Waals surface area contributed by atoms with E-state index < -0.39 is 21.9 Å². The van der Waals surface area contributed by atoms with Gasteiger partial charge in [0, 0.05) is 6.54 Å². The van der Waals surface area contributed by atoms with Gasteiger partial charge in [0.2, 0.25) is 10.0 Å². The number of alkyl halides is 2. The Hall–Kier alpha value is -1.41. The maximum Gasteiger partial charge on any atom is 0.387 e. The first-order valence-electron chi connectivity index (χ1n) is 5.75. The summed E-state index contributed by atoms with van der Waals surface area (Å²) in [7, 11) is -3.61. The Labute approximate surface area is 110 Å². The van der Waals surface area contributed by atoms with E-state index in [2.05, 4.69) is 14.8 Å². The fourth-order valence-corrected chi connectivity index (χ4v) is 3.29. The number of nitrogens with one attached hydrogen (secondary N) is 2. The number of para-hydroxylation sites is 2. The second-order valence-electron chi connectivity index (χ2n) is 4.14. The molecule has 0 spiro atoms. The molecule has 1 unspecified atom stereocenters. The van der Waals surface area contributed by atoms with Crippen molar-refractivity contribution >= 4 is 15.7 Å². The molecule has 2 rings (SSSR count). The van der Waals surface area contributed by atoms with Crippen molar-refractivity contribution in [2.75, 3.05) is 17.8 Å². The SMILES string of the molecule is O=S(=O)(Nc1ccccc1OC(F)F)C1CCNC1. The van der Waals surface area contributed by atoms with E-state index in [4.69, 9.17) is 0 Å². The lowest BCUT2D eigenvalue weighted by atomic mass is 10.3. The summed E-state index contributed by atoms with van der Waals surface area (Å²) in [5, 5.41) is 2.38. The van der Waals surface area contributed by atoms with Crippen LogP contribution in [0.25, 0.3) is 0 Å². The predicted molar refractivity (Wildman–Crippen MR) is 66.9 cm³/mol. The Bertz CT molecular complexity index is 530. The summed E-state index contributed by atoms with van der Waals surface area (Å²) in [5.41, 5.74) is 0.0229. The molecule has 1 aromatic rings. The first-order valence-corrected chi connectivity index (χ1v) is 7.30. The van der Waals surface area contributed by atoms with Gasteiger partial charge in [-0.15, -0.1) is 0 Å². The van der Waals surface area contributed by atoms with E-state index in [-0.39, 0.29) is 11.4 Å². The van der Waals surface area contributed by atoms with Gasteiger partial charge in [-0.1, -0.05) is 12.1 Å². The Morgan fingerprint density at radius 1 is 1.37 bits per heavy atom. The molecule has 0 radical (unpaired) electrons. The quantitative estimate of drug-likeness (QED) is 0.860. The summed E-state index contributed by atoms with van der Waals surface area (Å²) < 4.78 is 55.1. The molecule has 0 saturated carbocycles. The average Bonchev–Trinajstić information content (AvgIpc) is 2.85. The maximum absolute atomic E-state index is 12.2. The molecule has 106 valence electrons. The molecule has 1 aliphatic rings. The van der Waals surface area contributed by atoms with Gasteiger partial charge in [-0.05, 0) is 25.1 Å². The van der Waals surface area contributed by atoms with Gasteiger partial charge in [-0.3, -0.25) is 4.72 Å². The summed E-state index contributed by atoms with van der Waals surface area (Å²) in [6.07, 6.45) is 0.493. The lowest BCUT2D eigenvalue weighted by Gasteiger charge is -2.15. The minimum Gasteiger partial charge on any atom is -0.433 e. The Kier molecular flexibility index (Phi) is 4.20. The highest BCUT2D eigenvalue weighted by atomic mass is 32.2. The van der Waals surface area contributed by atoms with Gasteiger partial charge < -0.3 is 10.1 Å². The van der Waals surface area contributed by atoms with Crippen LogP contribution in [0.15, 0.2) is 24.3 Å². The molecule has 1 fully saturated rings. The average molecular weight is 292 g/mol. The zero-order valence-electron chi connectivity index (χ0n) is 9.97. The summed E-state index contributed by atoms with van der Waals surface area (Å²) in [5.74, 6) is -0.188. The highest BCUT2D eigenvalue weighted by Gasteiger charge is 2.29. The fourth-order valence-electron chi connectivity index (χ4n) is 1.88. The maximum atomic E-state index is 12.2. The van der Waals surface area contributed by atoms with Gasteiger partial charge in [0.05, 0.1) is 10.9 Å². The molecule has 0 bridgehead atoms. The van der Waals surface area contributed by atoms with Crippen molar-refractivity contribution in [2.45, 2.75) is 18.3 Å². The number of hydrogen-bond donors (Lipinski definition) is 2. The highest BCUT2D eigenvalue weighted by Crippen LogP contribution is 2.27. The van der Waals surface area contributed by atoms with Crippen LogP contribution in [0.5, 0.6) is 5.75 Å². The molecule has 0 amide bonds. The predicted octanol–water partition coefficient (Wildman–Crippen LogP) is 1.39. The minimum absolute atomic E-state index is 0.0229. The largest absolute Gasteiger partial charge is 0.433 e. The second kappa shape index (κ2) is 5.70. The van der Waals surface area contributed by atoms with E-state index in [9.17, 15) is 17.2 Å². The van der Waals surface area contributed by atoms with Crippen LogP contribution in [-0.2, 0) is 10.0 Å². The number of anilines is 1. The molecule has 1 aliphatic heterocycles. The van der Waals surface area contributed by atoms with Crippen LogP contribution in [0, 0.1) is 0 Å². The molecule has 0 aliphatic carbocycles. The molecular weight excluding hydrogens is 278 g/mol. The van der Waals surface area contributed by atoms with E-state index >= 15 is 0 Å². The van der Waals surface area contributed by atoms with E-state index in [1.165, 1.54) is 18.2 Å². The van der Waals surface area contributed by atoms with Gasteiger partial charge >= 0.3 is 6.61 Å². The van der Waals surface area contributed by atoms with Crippen molar-refractivity contribution in [3.63, 3.8) is 0 Å². The molecule has 1 heterocycles. The van der Waals surface area contributed by atoms with Crippen molar-refractivity contribution in [1.29, 1.82) is 0 Å². The lowest BCUT2D eigenvalue weighted by Crippen LogP contribution is -2.29. The van der Waals surface area contributed by atoms with Gasteiger partial charge in [-0.2, -0.15) is 8.78 Å². The number of halogens is 2. The minimum atomic E-state index is -3.61. The van der Waals surface area contributed by atoms with Crippen LogP contribution in [0.4, 0.5) is 14.5 Å². The van der Waals surface area contributed by atoms with E-state index in [0.717, 1.165) is 0 Å². The molecular formula is C11H14F2N2O3S. The first kappa shape index (κ1) is 14.0. The van der Waals surface area contributed by atoms with Crippen LogP contribution < -0.4 is 14.8 Å². The third kappa shape index (κ3) is 3.54. The highest BCUT2D eigenvalue weighted by molar-refractivity contribution is 7.93. The molecule has 1 saturated heterocycles. The van der Waals surface area contributed by atoms with Crippen molar-refractivity contribution < 1.29 is 21.9 Å². The van der Waals surface area contributed by atoms with Gasteiger partial charge in [0.1, 0.15) is 5.75 Å². The third-order valence-electron chi connectivity index (χ3n) is 2.81. The van der Waals surface area contributed by atoms with Crippen molar-refractivity contribution in [3.8, 4) is 5.75 Å². The molecule has 2 N–H and O–H groups in total. The van der Waals surface area contributed by atoms with E-state index in [1.807, 2.05) is 0 Å². The lowest BCUT2D eigenvalue weighted by molar-refractivity contribution is -0.0493. The number of rotatable bonds is 5. The molecule has 5 nitrogen and oxygen atoms in total. The summed E-state index contributed by atoms with van der Waals surface area (Å²) in [6.45, 7) is -2.02. The number of benzene rings is 1. The van der Waals surface area contributed by atoms with Crippen LogP contribution in [-0.4, -0.2) is 33.4 Å². The molecule has 1 atom stereocenters. The van der Waals surface area contributed by atoms with Crippen LogP contribution >= 0.6 is 0 Å². The summed E-state index contributed by atoms with van der Waals surface area (Å²) >= 11 is 0. The van der Waals surface area contributed by atoms with Crippen molar-refractivity contribution in [1.82, 2.24) is 5.32 Å². The molecule has 19 heavy (non-hydrogen) atoms. The monoisotopic (exact) mass is 292 g/mol. The Morgan fingerprint density at radius 3 is 2.74 bits per heavy atom. The second-order valence-corrected chi connectivity index (χ2v) is 6.10. The number of hydrogen-bond acceptors (Lipinski definition) is 4. The molecule has 8 heteroatoms. The van der Waals surface area contributed by atoms with Gasteiger partial charge in [0.25, 0.3) is 0 Å². The zero-order chi connectivity index (χ0) is 13.9. The first-order chi connectivity index (χ1) is 8.99. The van der Waals surface area contributed by atoms with Crippen LogP contribution in [0.3, 0.4) is 0 Å². The summed E-state index contributed by atoms with van der Waals surface area (Å²) in [6, 6.07) is 5.71. The number of ether oxygens (including phenoxy) is 1. The fraction of sp³-hybridized carbons (Fsp3) is 0.455. The number of sulfonamides is 1. The Morgan fingerprint density at radius 2 is 2.11 bits per heavy atom. The van der Waals surface area contributed by atoms with Crippen LogP contribution in [0.2, 0.25) is 0 Å². The smallest absolute Gasteiger partial charge is 0.387 e. The Balaban J connectivity index is 2.18. The van der Waals surface area contributed by atoms with Crippen molar-refractivity contribution in [2.24, 2.45) is 0 Å². The van der Waals surface area contributed by atoms with Crippen molar-refractivity contribution in [3.05, 3.63) is 24.3 Å². The molecule has 1 aromatic carbocycles. The normalized spacial score (nSPS) is 19.6. The summed E-state index contributed by atoms with van der Waals surface area (Å²) in [4.78, 5) is 0. The van der Waals surface area contributed by atoms with Gasteiger partial charge in [0.15, 0.2) is 0 Å². The topological polar surface area (TPSA) is 67.4 Å². The zero-order valence-corrected chi connectivity index (χ0v) is 10.8. The molecule has 0 aromatic heterocycles. The third-order valence-corrected chi connectivity index (χ3v) is 4.59. The van der Waals surface area contributed by atoms with Gasteiger partial charge in [-0.25, -0.2) is 8.42 Å². The standard InChI is InChI=1S/C11H14F2N2O3S/c12-11(13)18-10-4-2-1-3-9(10)15-19(16,17)8-5-6-14-7-8/h1-4,8,11,14-15H,5-7H2.